The molecule has 2 unspecified atom stereocenters. The zero-order valence-corrected chi connectivity index (χ0v) is 11.0. The zero-order valence-electron chi connectivity index (χ0n) is 10.2. The summed E-state index contributed by atoms with van der Waals surface area (Å²) < 4.78 is 0. The van der Waals surface area contributed by atoms with Gasteiger partial charge in [-0.2, -0.15) is 0 Å². The van der Waals surface area contributed by atoms with Gasteiger partial charge in [-0.25, -0.2) is 0 Å². The molecule has 0 aliphatic carbocycles. The van der Waals surface area contributed by atoms with Crippen LogP contribution in [0.25, 0.3) is 0 Å². The first-order valence-corrected chi connectivity index (χ1v) is 6.47. The topological polar surface area (TPSA) is 29.3 Å². The van der Waals surface area contributed by atoms with Gasteiger partial charge in [0.05, 0.1) is 6.04 Å². The van der Waals surface area contributed by atoms with Crippen molar-refractivity contribution in [2.24, 2.45) is 5.73 Å². The van der Waals surface area contributed by atoms with E-state index in [9.17, 15) is 0 Å². The van der Waals surface area contributed by atoms with Crippen LogP contribution in [0.4, 0.5) is 0 Å². The van der Waals surface area contributed by atoms with Crippen LogP contribution in [-0.4, -0.2) is 24.0 Å². The van der Waals surface area contributed by atoms with Crippen molar-refractivity contribution in [1.29, 1.82) is 0 Å². The van der Waals surface area contributed by atoms with Gasteiger partial charge in [-0.15, -0.1) is 11.3 Å². The summed E-state index contributed by atoms with van der Waals surface area (Å²) in [5.74, 6) is 0. The van der Waals surface area contributed by atoms with Gasteiger partial charge in [0, 0.05) is 15.8 Å². The molecule has 0 fully saturated rings. The first-order chi connectivity index (χ1) is 7.10. The molecule has 0 bridgehead atoms. The standard InChI is InChI=1S/C12H22N2S/c1-5-14(6-2)12(10(4)13)11-8-7-9(3)15-11/h7-8,10,12H,5-6,13H2,1-4H3. The van der Waals surface area contributed by atoms with E-state index in [0.717, 1.165) is 13.1 Å². The van der Waals surface area contributed by atoms with Crippen molar-refractivity contribution in [1.82, 2.24) is 4.90 Å². The molecule has 3 heteroatoms. The van der Waals surface area contributed by atoms with Gasteiger partial charge in [0.15, 0.2) is 0 Å². The lowest BCUT2D eigenvalue weighted by molar-refractivity contribution is 0.198. The minimum Gasteiger partial charge on any atom is -0.326 e. The van der Waals surface area contributed by atoms with Crippen LogP contribution in [0, 0.1) is 6.92 Å². The van der Waals surface area contributed by atoms with Crippen LogP contribution in [0.1, 0.15) is 36.6 Å². The van der Waals surface area contributed by atoms with Crippen LogP contribution in [-0.2, 0) is 0 Å². The van der Waals surface area contributed by atoms with E-state index in [0.29, 0.717) is 6.04 Å². The maximum absolute atomic E-state index is 6.09. The Labute approximate surface area is 97.1 Å². The SMILES string of the molecule is CCN(CC)C(c1ccc(C)s1)C(C)N. The molecular weight excluding hydrogens is 204 g/mol. The number of nitrogens with zero attached hydrogens (tertiary/aromatic N) is 1. The van der Waals surface area contributed by atoms with Crippen molar-refractivity contribution >= 4 is 11.3 Å². The van der Waals surface area contributed by atoms with E-state index in [4.69, 9.17) is 5.73 Å². The Morgan fingerprint density at radius 3 is 2.27 bits per heavy atom. The average Bonchev–Trinajstić information content (AvgIpc) is 2.59. The Bertz CT molecular complexity index is 290. The number of aryl methyl sites for hydroxylation is 1. The summed E-state index contributed by atoms with van der Waals surface area (Å²) >= 11 is 1.86. The second-order valence-electron chi connectivity index (χ2n) is 3.97. The van der Waals surface area contributed by atoms with E-state index in [2.05, 4.69) is 44.7 Å². The van der Waals surface area contributed by atoms with Gasteiger partial charge in [0.25, 0.3) is 0 Å². The summed E-state index contributed by atoms with van der Waals surface area (Å²) in [6.45, 7) is 10.7. The van der Waals surface area contributed by atoms with Gasteiger partial charge in [-0.1, -0.05) is 13.8 Å². The molecule has 0 aliphatic heterocycles. The molecule has 86 valence electrons. The molecule has 0 saturated carbocycles. The van der Waals surface area contributed by atoms with Crippen molar-refractivity contribution in [3.8, 4) is 0 Å². The largest absolute Gasteiger partial charge is 0.326 e. The van der Waals surface area contributed by atoms with E-state index in [1.165, 1.54) is 9.75 Å². The van der Waals surface area contributed by atoms with E-state index in [1.807, 2.05) is 11.3 Å². The van der Waals surface area contributed by atoms with Gasteiger partial charge in [-0.05, 0) is 39.1 Å². The maximum Gasteiger partial charge on any atom is 0.0590 e. The molecule has 1 aromatic heterocycles. The molecule has 1 heterocycles. The number of likely N-dealkylation sites (N-methyl/N-ethyl adjacent to an activating group) is 1. The molecule has 0 aromatic carbocycles. The number of hydrogen-bond donors (Lipinski definition) is 1. The minimum absolute atomic E-state index is 0.183. The van der Waals surface area contributed by atoms with Gasteiger partial charge >= 0.3 is 0 Å². The summed E-state index contributed by atoms with van der Waals surface area (Å²) in [6, 6.07) is 4.95. The second-order valence-corrected chi connectivity index (χ2v) is 5.29. The molecule has 0 saturated heterocycles. The van der Waals surface area contributed by atoms with Crippen LogP contribution in [0.3, 0.4) is 0 Å². The van der Waals surface area contributed by atoms with Crippen LogP contribution in [0.2, 0.25) is 0 Å². The third-order valence-corrected chi connectivity index (χ3v) is 3.83. The Balaban J connectivity index is 2.91. The maximum atomic E-state index is 6.09. The van der Waals surface area contributed by atoms with Crippen molar-refractivity contribution in [2.45, 2.75) is 39.8 Å². The van der Waals surface area contributed by atoms with Crippen LogP contribution in [0.15, 0.2) is 12.1 Å². The number of thiophene rings is 1. The highest BCUT2D eigenvalue weighted by Gasteiger charge is 2.22. The molecule has 2 N–H and O–H groups in total. The van der Waals surface area contributed by atoms with E-state index < -0.39 is 0 Å². The molecule has 2 atom stereocenters. The van der Waals surface area contributed by atoms with Crippen molar-refractivity contribution < 1.29 is 0 Å². The molecule has 1 rings (SSSR count). The lowest BCUT2D eigenvalue weighted by Gasteiger charge is -2.31. The molecule has 0 spiro atoms. The molecule has 15 heavy (non-hydrogen) atoms. The van der Waals surface area contributed by atoms with E-state index in [-0.39, 0.29) is 6.04 Å². The van der Waals surface area contributed by atoms with Crippen molar-refractivity contribution in [3.05, 3.63) is 21.9 Å². The summed E-state index contributed by atoms with van der Waals surface area (Å²) in [7, 11) is 0. The highest BCUT2D eigenvalue weighted by molar-refractivity contribution is 7.12. The smallest absolute Gasteiger partial charge is 0.0590 e. The quantitative estimate of drug-likeness (QED) is 0.836. The van der Waals surface area contributed by atoms with Crippen LogP contribution < -0.4 is 5.73 Å². The van der Waals surface area contributed by atoms with Gasteiger partial charge < -0.3 is 5.73 Å². The van der Waals surface area contributed by atoms with Gasteiger partial charge in [0.1, 0.15) is 0 Å². The number of hydrogen-bond acceptors (Lipinski definition) is 3. The fourth-order valence-electron chi connectivity index (χ4n) is 2.00. The lowest BCUT2D eigenvalue weighted by atomic mass is 10.1. The van der Waals surface area contributed by atoms with Crippen molar-refractivity contribution in [2.75, 3.05) is 13.1 Å². The van der Waals surface area contributed by atoms with Gasteiger partial charge in [-0.3, -0.25) is 4.90 Å². The highest BCUT2D eigenvalue weighted by atomic mass is 32.1. The summed E-state index contributed by atoms with van der Waals surface area (Å²) in [5, 5.41) is 0. The molecule has 1 aromatic rings. The third-order valence-electron chi connectivity index (χ3n) is 2.76. The predicted molar refractivity (Wildman–Crippen MR) is 68.4 cm³/mol. The van der Waals surface area contributed by atoms with E-state index >= 15 is 0 Å². The Hall–Kier alpha value is -0.380. The van der Waals surface area contributed by atoms with Crippen molar-refractivity contribution in [3.63, 3.8) is 0 Å². The lowest BCUT2D eigenvalue weighted by Crippen LogP contribution is -2.38. The Kier molecular flexibility index (Phi) is 4.77. The molecule has 0 radical (unpaired) electrons. The fourth-order valence-corrected chi connectivity index (χ4v) is 3.13. The second kappa shape index (κ2) is 5.64. The third kappa shape index (κ3) is 3.03. The first kappa shape index (κ1) is 12.7. The Morgan fingerprint density at radius 1 is 1.33 bits per heavy atom. The predicted octanol–water partition coefficient (Wildman–Crippen LogP) is 2.79. The molecule has 0 amide bonds. The fraction of sp³-hybridized carbons (Fsp3) is 0.667. The summed E-state index contributed by atoms with van der Waals surface area (Å²) in [6.07, 6.45) is 0. The molecule has 0 aliphatic rings. The van der Waals surface area contributed by atoms with Gasteiger partial charge in [0.2, 0.25) is 0 Å². The highest BCUT2D eigenvalue weighted by Crippen LogP contribution is 2.29. The number of rotatable bonds is 5. The Morgan fingerprint density at radius 2 is 1.93 bits per heavy atom. The zero-order chi connectivity index (χ0) is 11.4. The first-order valence-electron chi connectivity index (χ1n) is 5.66. The average molecular weight is 226 g/mol. The summed E-state index contributed by atoms with van der Waals surface area (Å²) in [5.41, 5.74) is 6.09. The van der Waals surface area contributed by atoms with Crippen LogP contribution in [0.5, 0.6) is 0 Å². The van der Waals surface area contributed by atoms with E-state index in [1.54, 1.807) is 0 Å². The monoisotopic (exact) mass is 226 g/mol. The number of nitrogens with two attached hydrogens (primary N) is 1. The normalized spacial score (nSPS) is 15.6. The summed E-state index contributed by atoms with van der Waals surface area (Å²) in [4.78, 5) is 5.18. The minimum atomic E-state index is 0.183. The molecular formula is C12H22N2S. The molecule has 2 nitrogen and oxygen atoms in total. The van der Waals surface area contributed by atoms with Crippen LogP contribution >= 0.6 is 11.3 Å².